The number of fused-ring (bicyclic) bond motifs is 7. The van der Waals surface area contributed by atoms with Crippen molar-refractivity contribution in [2.24, 2.45) is 0 Å². The van der Waals surface area contributed by atoms with Crippen LogP contribution in [-0.2, 0) is 0 Å². The van der Waals surface area contributed by atoms with Crippen molar-refractivity contribution in [3.05, 3.63) is 182 Å². The summed E-state index contributed by atoms with van der Waals surface area (Å²) in [5, 5.41) is 7.85. The van der Waals surface area contributed by atoms with Crippen molar-refractivity contribution >= 4 is 54.3 Å². The zero-order valence-electron chi connectivity index (χ0n) is 31.3. The Hall–Kier alpha value is -6.44. The van der Waals surface area contributed by atoms with Gasteiger partial charge in [-0.15, -0.1) is 0 Å². The van der Waals surface area contributed by atoms with Crippen LogP contribution >= 0.6 is 0 Å². The van der Waals surface area contributed by atoms with Crippen molar-refractivity contribution in [3.63, 3.8) is 0 Å². The third-order valence-electron chi connectivity index (χ3n) is 9.72. The molecule has 0 aliphatic heterocycles. The van der Waals surface area contributed by atoms with Gasteiger partial charge < -0.3 is 4.42 Å². The van der Waals surface area contributed by atoms with E-state index in [9.17, 15) is 0 Å². The first kappa shape index (κ1) is 23.0. The van der Waals surface area contributed by atoms with Gasteiger partial charge in [-0.25, -0.2) is 0 Å². The molecule has 1 aromatic heterocycles. The van der Waals surface area contributed by atoms with Crippen LogP contribution in [0.2, 0.25) is 0 Å². The molecule has 0 spiro atoms. The van der Waals surface area contributed by atoms with Gasteiger partial charge in [0.05, 0.1) is 6.85 Å². The molecule has 49 heavy (non-hydrogen) atoms. The summed E-state index contributed by atoms with van der Waals surface area (Å²) in [6, 6.07) is 50.8. The SMILES string of the molecule is [2H]c1c([2H])c([2H])c(-c2cc3c4cc(-c5c6ccccc6c(-c6cccc(-c7ccccc7)c6)c6ccccc56)ccc4oc3c3ccccc23)c([2H])c1[2H]. The highest BCUT2D eigenvalue weighted by Crippen LogP contribution is 2.46. The minimum atomic E-state index is -0.410. The molecule has 0 fully saturated rings. The average Bonchev–Trinajstić information content (AvgIpc) is 3.59. The topological polar surface area (TPSA) is 13.1 Å². The Morgan fingerprint density at radius 3 is 1.57 bits per heavy atom. The Morgan fingerprint density at radius 1 is 0.347 bits per heavy atom. The van der Waals surface area contributed by atoms with E-state index in [1.807, 2.05) is 42.5 Å². The lowest BCUT2D eigenvalue weighted by molar-refractivity contribution is 0.673. The second-order valence-electron chi connectivity index (χ2n) is 12.4. The molecule has 0 atom stereocenters. The molecule has 9 aromatic carbocycles. The van der Waals surface area contributed by atoms with Gasteiger partial charge in [0.2, 0.25) is 0 Å². The summed E-state index contributed by atoms with van der Waals surface area (Å²) in [7, 11) is 0. The first-order chi connectivity index (χ1) is 26.4. The van der Waals surface area contributed by atoms with Crippen LogP contribution in [0.3, 0.4) is 0 Å². The summed E-state index contributed by atoms with van der Waals surface area (Å²) in [6.45, 7) is 0. The fourth-order valence-corrected chi connectivity index (χ4v) is 7.58. The summed E-state index contributed by atoms with van der Waals surface area (Å²) in [4.78, 5) is 0. The third kappa shape index (κ3) is 4.40. The van der Waals surface area contributed by atoms with Crippen molar-refractivity contribution in [2.75, 3.05) is 0 Å². The van der Waals surface area contributed by atoms with E-state index in [1.54, 1.807) is 0 Å². The van der Waals surface area contributed by atoms with Gasteiger partial charge >= 0.3 is 0 Å². The Balaban J connectivity index is 1.25. The fraction of sp³-hybridized carbons (Fsp3) is 0. The number of benzene rings is 9. The summed E-state index contributed by atoms with van der Waals surface area (Å²) < 4.78 is 49.2. The van der Waals surface area contributed by atoms with Gasteiger partial charge in [-0.05, 0) is 95.7 Å². The standard InChI is InChI=1S/C48H30O/c1-3-14-31(15-4-1)33-18-13-19-34(28-33)46-37-21-8-10-23-39(37)47(40-24-11-9-22-38(40)46)35-26-27-45-43(29-35)44-30-42(32-16-5-2-6-17-32)36-20-7-12-25-41(36)48(44)49-45/h1-30H/i2D,5D,6D,16D,17D. The van der Waals surface area contributed by atoms with Crippen LogP contribution in [0.15, 0.2) is 186 Å². The molecule has 0 aliphatic rings. The molecule has 0 amide bonds. The lowest BCUT2D eigenvalue weighted by Gasteiger charge is -2.18. The molecule has 1 nitrogen and oxygen atoms in total. The lowest BCUT2D eigenvalue weighted by Crippen LogP contribution is -1.91. The molecular formula is C48H30O. The summed E-state index contributed by atoms with van der Waals surface area (Å²) in [6.07, 6.45) is 0. The van der Waals surface area contributed by atoms with Crippen molar-refractivity contribution < 1.29 is 11.3 Å². The Bertz CT molecular complexity index is 3080. The van der Waals surface area contributed by atoms with Crippen molar-refractivity contribution in [2.45, 2.75) is 0 Å². The summed E-state index contributed by atoms with van der Waals surface area (Å²) in [5.74, 6) is 0. The molecule has 0 unspecified atom stereocenters. The molecule has 0 saturated heterocycles. The first-order valence-electron chi connectivity index (χ1n) is 18.9. The van der Waals surface area contributed by atoms with Crippen LogP contribution in [-0.4, -0.2) is 0 Å². The van der Waals surface area contributed by atoms with E-state index in [4.69, 9.17) is 11.3 Å². The minimum absolute atomic E-state index is 0.175. The van der Waals surface area contributed by atoms with Crippen LogP contribution in [0.1, 0.15) is 6.85 Å². The van der Waals surface area contributed by atoms with E-state index < -0.39 is 6.04 Å². The van der Waals surface area contributed by atoms with Gasteiger partial charge in [0.1, 0.15) is 11.2 Å². The highest BCUT2D eigenvalue weighted by atomic mass is 16.3. The van der Waals surface area contributed by atoms with Crippen LogP contribution in [0.5, 0.6) is 0 Å². The van der Waals surface area contributed by atoms with Gasteiger partial charge in [-0.2, -0.15) is 0 Å². The minimum Gasteiger partial charge on any atom is -0.455 e. The van der Waals surface area contributed by atoms with Crippen molar-refractivity contribution in [3.8, 4) is 44.5 Å². The first-order valence-corrected chi connectivity index (χ1v) is 16.4. The highest BCUT2D eigenvalue weighted by molar-refractivity contribution is 6.23. The van der Waals surface area contributed by atoms with E-state index in [1.165, 1.54) is 11.1 Å². The van der Waals surface area contributed by atoms with E-state index >= 15 is 0 Å². The quantitative estimate of drug-likeness (QED) is 0.177. The van der Waals surface area contributed by atoms with E-state index in [2.05, 4.69) is 109 Å². The number of furan rings is 1. The van der Waals surface area contributed by atoms with Crippen LogP contribution in [0.4, 0.5) is 0 Å². The predicted octanol–water partition coefficient (Wildman–Crippen LogP) is 13.7. The number of rotatable bonds is 4. The second-order valence-corrected chi connectivity index (χ2v) is 12.4. The summed E-state index contributed by atoms with van der Waals surface area (Å²) in [5.41, 5.74) is 8.97. The maximum absolute atomic E-state index is 8.82. The molecule has 0 N–H and O–H groups in total. The molecule has 0 aliphatic carbocycles. The molecule has 0 saturated carbocycles. The third-order valence-corrected chi connectivity index (χ3v) is 9.72. The normalized spacial score (nSPS) is 13.1. The maximum Gasteiger partial charge on any atom is 0.143 e. The fourth-order valence-electron chi connectivity index (χ4n) is 7.58. The largest absolute Gasteiger partial charge is 0.455 e. The van der Waals surface area contributed by atoms with Crippen molar-refractivity contribution in [1.82, 2.24) is 0 Å². The van der Waals surface area contributed by atoms with Gasteiger partial charge in [-0.3, -0.25) is 0 Å². The summed E-state index contributed by atoms with van der Waals surface area (Å²) >= 11 is 0. The Labute approximate surface area is 291 Å². The maximum atomic E-state index is 8.82. The van der Waals surface area contributed by atoms with E-state index in [0.717, 1.165) is 65.3 Å². The lowest BCUT2D eigenvalue weighted by atomic mass is 9.85. The zero-order valence-corrected chi connectivity index (χ0v) is 26.3. The molecule has 228 valence electrons. The van der Waals surface area contributed by atoms with Crippen LogP contribution < -0.4 is 0 Å². The van der Waals surface area contributed by atoms with Gasteiger partial charge in [0, 0.05) is 16.2 Å². The number of hydrogen-bond donors (Lipinski definition) is 0. The van der Waals surface area contributed by atoms with Gasteiger partial charge in [0.15, 0.2) is 0 Å². The predicted molar refractivity (Wildman–Crippen MR) is 208 cm³/mol. The molecule has 0 radical (unpaired) electrons. The molecule has 10 aromatic rings. The number of hydrogen-bond acceptors (Lipinski definition) is 1. The Morgan fingerprint density at radius 2 is 0.898 bits per heavy atom. The highest BCUT2D eigenvalue weighted by Gasteiger charge is 2.19. The van der Waals surface area contributed by atoms with Crippen LogP contribution in [0, 0.1) is 0 Å². The molecule has 0 bridgehead atoms. The molecule has 1 heteroatoms. The molecular weight excluding hydrogens is 593 g/mol. The van der Waals surface area contributed by atoms with Crippen molar-refractivity contribution in [1.29, 1.82) is 0 Å². The monoisotopic (exact) mass is 627 g/mol. The smallest absolute Gasteiger partial charge is 0.143 e. The van der Waals surface area contributed by atoms with Gasteiger partial charge in [0.25, 0.3) is 0 Å². The Kier molecular flexibility index (Phi) is 5.20. The van der Waals surface area contributed by atoms with E-state index in [0.29, 0.717) is 16.7 Å². The average molecular weight is 628 g/mol. The molecule has 10 rings (SSSR count). The molecule has 1 heterocycles. The second kappa shape index (κ2) is 11.1. The zero-order chi connectivity index (χ0) is 36.7. The van der Waals surface area contributed by atoms with E-state index in [-0.39, 0.29) is 29.7 Å². The van der Waals surface area contributed by atoms with Gasteiger partial charge in [-0.1, -0.05) is 158 Å². The van der Waals surface area contributed by atoms with Crippen LogP contribution in [0.25, 0.3) is 98.8 Å².